The van der Waals surface area contributed by atoms with Crippen LogP contribution < -0.4 is 0 Å². The molecule has 0 saturated heterocycles. The quantitative estimate of drug-likeness (QED) is 0.193. The summed E-state index contributed by atoms with van der Waals surface area (Å²) in [5.41, 5.74) is 9.32. The Morgan fingerprint density at radius 2 is 1.19 bits per heavy atom. The second-order valence-corrected chi connectivity index (χ2v) is 12.7. The van der Waals surface area contributed by atoms with Crippen LogP contribution in [0, 0.1) is 0 Å². The minimum atomic E-state index is 0.701. The molecule has 5 heteroatoms. The van der Waals surface area contributed by atoms with Gasteiger partial charge in [-0.2, -0.15) is 0 Å². The Morgan fingerprint density at radius 3 is 2.09 bits per heavy atom. The lowest BCUT2D eigenvalue weighted by molar-refractivity contribution is 1.18. The predicted octanol–water partition coefficient (Wildman–Crippen LogP) is 11.1. The molecule has 0 atom stereocenters. The van der Waals surface area contributed by atoms with Crippen molar-refractivity contribution in [3.05, 3.63) is 158 Å². The van der Waals surface area contributed by atoms with E-state index in [2.05, 4.69) is 125 Å². The van der Waals surface area contributed by atoms with E-state index in [-0.39, 0.29) is 0 Å². The van der Waals surface area contributed by atoms with Crippen LogP contribution in [0.5, 0.6) is 0 Å². The molecule has 9 aromatic rings. The third-order valence-electron chi connectivity index (χ3n) is 8.73. The number of rotatable bonds is 5. The average molecular weight is 619 g/mol. The minimum Gasteiger partial charge on any atom is -0.264 e. The van der Waals surface area contributed by atoms with Gasteiger partial charge in [0, 0.05) is 84.4 Å². The second-order valence-electron chi connectivity index (χ2n) is 11.6. The molecule has 9 rings (SSSR count). The largest absolute Gasteiger partial charge is 0.264 e. The van der Waals surface area contributed by atoms with Crippen LogP contribution in [0.15, 0.2) is 158 Å². The predicted molar refractivity (Wildman–Crippen MR) is 195 cm³/mol. The molecule has 4 heterocycles. The van der Waals surface area contributed by atoms with Gasteiger partial charge in [0.2, 0.25) is 0 Å². The third-order valence-corrected chi connectivity index (χ3v) is 9.88. The van der Waals surface area contributed by atoms with Crippen molar-refractivity contribution in [1.82, 2.24) is 19.9 Å². The van der Waals surface area contributed by atoms with Crippen LogP contribution in [-0.2, 0) is 0 Å². The van der Waals surface area contributed by atoms with Gasteiger partial charge in [-0.3, -0.25) is 9.97 Å². The van der Waals surface area contributed by atoms with Crippen molar-refractivity contribution in [2.45, 2.75) is 0 Å². The fourth-order valence-corrected chi connectivity index (χ4v) is 7.46. The normalized spacial score (nSPS) is 11.4. The highest BCUT2D eigenvalue weighted by atomic mass is 32.1. The maximum atomic E-state index is 5.28. The summed E-state index contributed by atoms with van der Waals surface area (Å²) in [6, 6.07) is 44.7. The zero-order valence-electron chi connectivity index (χ0n) is 25.2. The molecular formula is C42H26N4S. The molecule has 5 aromatic carbocycles. The van der Waals surface area contributed by atoms with Gasteiger partial charge < -0.3 is 0 Å². The molecule has 0 spiro atoms. The van der Waals surface area contributed by atoms with Gasteiger partial charge in [0.1, 0.15) is 0 Å². The van der Waals surface area contributed by atoms with Gasteiger partial charge in [0.05, 0.1) is 5.69 Å². The highest BCUT2D eigenvalue weighted by Gasteiger charge is 2.16. The fourth-order valence-electron chi connectivity index (χ4n) is 6.37. The average Bonchev–Trinajstić information content (AvgIpc) is 3.53. The van der Waals surface area contributed by atoms with Crippen LogP contribution >= 0.6 is 11.3 Å². The van der Waals surface area contributed by atoms with Crippen molar-refractivity contribution in [2.24, 2.45) is 0 Å². The number of pyridine rings is 2. The van der Waals surface area contributed by atoms with E-state index in [1.54, 1.807) is 6.20 Å². The van der Waals surface area contributed by atoms with Crippen molar-refractivity contribution in [2.75, 3.05) is 0 Å². The second kappa shape index (κ2) is 11.4. The Morgan fingerprint density at radius 1 is 0.426 bits per heavy atom. The third kappa shape index (κ3) is 4.94. The molecule has 0 fully saturated rings. The van der Waals surface area contributed by atoms with Gasteiger partial charge in [-0.25, -0.2) is 9.97 Å². The molecule has 0 aliphatic rings. The maximum absolute atomic E-state index is 5.28. The number of thiophene rings is 1. The van der Waals surface area contributed by atoms with Gasteiger partial charge in [-0.05, 0) is 58.5 Å². The van der Waals surface area contributed by atoms with Crippen molar-refractivity contribution < 1.29 is 0 Å². The van der Waals surface area contributed by atoms with Crippen molar-refractivity contribution in [3.8, 4) is 56.0 Å². The molecule has 4 aromatic heterocycles. The molecule has 4 nitrogen and oxygen atoms in total. The molecular weight excluding hydrogens is 593 g/mol. The first kappa shape index (κ1) is 27.3. The van der Waals surface area contributed by atoms with E-state index in [0.717, 1.165) is 55.6 Å². The van der Waals surface area contributed by atoms with E-state index in [9.17, 15) is 0 Å². The summed E-state index contributed by atoms with van der Waals surface area (Å²) in [4.78, 5) is 19.1. The zero-order valence-corrected chi connectivity index (χ0v) is 26.0. The molecule has 0 aliphatic heterocycles. The molecule has 0 unspecified atom stereocenters. The number of benzene rings is 5. The standard InChI is InChI=1S/C42H26N4S/c1-2-11-34-33(7-1)24-44-25-37(34)27-14-16-28(17-15-27)41-38(30-9-5-8-29(21-30)32-10-6-20-43-23-32)26-45-42(46-41)31-18-19-40-36(22-31)35-12-3-4-13-39(35)47-40/h1-26H. The summed E-state index contributed by atoms with van der Waals surface area (Å²) in [6.45, 7) is 0. The minimum absolute atomic E-state index is 0.701. The summed E-state index contributed by atoms with van der Waals surface area (Å²) in [7, 11) is 0. The Balaban J connectivity index is 1.19. The Hall–Kier alpha value is -6.04. The Bertz CT molecular complexity index is 2570. The lowest BCUT2D eigenvalue weighted by atomic mass is 9.95. The summed E-state index contributed by atoms with van der Waals surface area (Å²) in [5, 5.41) is 4.80. The number of aromatic nitrogens is 4. The first-order valence-electron chi connectivity index (χ1n) is 15.5. The highest BCUT2D eigenvalue weighted by molar-refractivity contribution is 7.25. The van der Waals surface area contributed by atoms with Gasteiger partial charge in [0.25, 0.3) is 0 Å². The van der Waals surface area contributed by atoms with E-state index in [0.29, 0.717) is 5.82 Å². The zero-order chi connectivity index (χ0) is 31.2. The highest BCUT2D eigenvalue weighted by Crippen LogP contribution is 2.38. The van der Waals surface area contributed by atoms with Crippen molar-refractivity contribution in [1.29, 1.82) is 0 Å². The van der Waals surface area contributed by atoms with E-state index >= 15 is 0 Å². The molecule has 0 radical (unpaired) electrons. The van der Waals surface area contributed by atoms with Gasteiger partial charge in [0.15, 0.2) is 5.82 Å². The van der Waals surface area contributed by atoms with E-state index in [1.165, 1.54) is 25.6 Å². The summed E-state index contributed by atoms with van der Waals surface area (Å²) in [6.07, 6.45) is 9.52. The van der Waals surface area contributed by atoms with Gasteiger partial charge in [-0.1, -0.05) is 91.0 Å². The molecule has 0 saturated carbocycles. The first-order chi connectivity index (χ1) is 23.3. The monoisotopic (exact) mass is 618 g/mol. The van der Waals surface area contributed by atoms with Gasteiger partial charge in [-0.15, -0.1) is 11.3 Å². The van der Waals surface area contributed by atoms with Gasteiger partial charge >= 0.3 is 0 Å². The first-order valence-corrected chi connectivity index (χ1v) is 16.3. The maximum Gasteiger partial charge on any atom is 0.159 e. The molecule has 0 aliphatic carbocycles. The Kier molecular flexibility index (Phi) is 6.61. The van der Waals surface area contributed by atoms with Crippen LogP contribution in [0.1, 0.15) is 0 Å². The number of nitrogens with zero attached hydrogens (tertiary/aromatic N) is 4. The Labute approximate surface area is 275 Å². The smallest absolute Gasteiger partial charge is 0.159 e. The SMILES string of the molecule is c1cncc(-c2cccc(-c3cnc(-c4ccc5sc6ccccc6c5c4)nc3-c3ccc(-c4cncc5ccccc45)cc3)c2)c1. The summed E-state index contributed by atoms with van der Waals surface area (Å²) in [5.74, 6) is 0.701. The molecule has 47 heavy (non-hydrogen) atoms. The summed E-state index contributed by atoms with van der Waals surface area (Å²) < 4.78 is 2.55. The molecule has 0 N–H and O–H groups in total. The van der Waals surface area contributed by atoms with E-state index in [1.807, 2.05) is 48.3 Å². The molecule has 0 bridgehead atoms. The van der Waals surface area contributed by atoms with Crippen LogP contribution in [0.3, 0.4) is 0 Å². The number of hydrogen-bond donors (Lipinski definition) is 0. The van der Waals surface area contributed by atoms with Crippen molar-refractivity contribution in [3.63, 3.8) is 0 Å². The van der Waals surface area contributed by atoms with Crippen LogP contribution in [0.2, 0.25) is 0 Å². The summed E-state index contributed by atoms with van der Waals surface area (Å²) >= 11 is 1.82. The topological polar surface area (TPSA) is 51.6 Å². The van der Waals surface area contributed by atoms with E-state index in [4.69, 9.17) is 9.97 Å². The molecule has 220 valence electrons. The number of hydrogen-bond acceptors (Lipinski definition) is 5. The fraction of sp³-hybridized carbons (Fsp3) is 0. The lowest BCUT2D eigenvalue weighted by Crippen LogP contribution is -1.96. The van der Waals surface area contributed by atoms with Crippen LogP contribution in [-0.4, -0.2) is 19.9 Å². The molecule has 0 amide bonds. The van der Waals surface area contributed by atoms with Crippen molar-refractivity contribution >= 4 is 42.3 Å². The number of fused-ring (bicyclic) bond motifs is 4. The van der Waals surface area contributed by atoms with Crippen LogP contribution in [0.25, 0.3) is 87.0 Å². The van der Waals surface area contributed by atoms with Crippen LogP contribution in [0.4, 0.5) is 0 Å². The van der Waals surface area contributed by atoms with E-state index < -0.39 is 0 Å². The lowest BCUT2D eigenvalue weighted by Gasteiger charge is -2.13.